The van der Waals surface area contributed by atoms with Gasteiger partial charge in [0.2, 0.25) is 6.79 Å². The van der Waals surface area contributed by atoms with Crippen LogP contribution >= 0.6 is 0 Å². The van der Waals surface area contributed by atoms with E-state index in [0.29, 0.717) is 46.1 Å². The molecule has 3 aromatic carbocycles. The molecule has 0 aliphatic carbocycles. The summed E-state index contributed by atoms with van der Waals surface area (Å²) in [7, 11) is 0. The Hall–Kier alpha value is -4.13. The number of hydrogen-bond donors (Lipinski definition) is 0. The van der Waals surface area contributed by atoms with Crippen molar-refractivity contribution < 1.29 is 14.2 Å². The molecular formula is C24H19N3O4. The maximum atomic E-state index is 13.3. The first-order valence-corrected chi connectivity index (χ1v) is 9.92. The molecule has 0 amide bonds. The number of hydrogen-bond acceptors (Lipinski definition) is 6. The monoisotopic (exact) mass is 413 g/mol. The molecule has 0 saturated carbocycles. The summed E-state index contributed by atoms with van der Waals surface area (Å²) in [6.45, 7) is 2.54. The predicted octanol–water partition coefficient (Wildman–Crippen LogP) is 4.07. The predicted molar refractivity (Wildman–Crippen MR) is 118 cm³/mol. The number of rotatable bonds is 5. The average molecular weight is 413 g/mol. The van der Waals surface area contributed by atoms with E-state index in [1.165, 1.54) is 4.68 Å². The van der Waals surface area contributed by atoms with Crippen LogP contribution < -0.4 is 19.8 Å². The van der Waals surface area contributed by atoms with Crippen molar-refractivity contribution in [2.24, 2.45) is 5.10 Å². The molecule has 5 rings (SSSR count). The third-order valence-corrected chi connectivity index (χ3v) is 4.90. The van der Waals surface area contributed by atoms with Gasteiger partial charge in [-0.25, -0.2) is 4.98 Å². The molecule has 1 aromatic heterocycles. The average Bonchev–Trinajstić information content (AvgIpc) is 3.26. The van der Waals surface area contributed by atoms with Crippen LogP contribution in [0.2, 0.25) is 0 Å². The van der Waals surface area contributed by atoms with Crippen LogP contribution in [0.5, 0.6) is 17.2 Å². The van der Waals surface area contributed by atoms with Gasteiger partial charge in [0.05, 0.1) is 23.7 Å². The van der Waals surface area contributed by atoms with Crippen LogP contribution in [0.1, 0.15) is 12.5 Å². The fourth-order valence-electron chi connectivity index (χ4n) is 3.45. The Morgan fingerprint density at radius 2 is 1.81 bits per heavy atom. The molecule has 1 aliphatic rings. The van der Waals surface area contributed by atoms with Crippen molar-refractivity contribution in [2.75, 3.05) is 13.4 Å². The quantitative estimate of drug-likeness (QED) is 0.461. The van der Waals surface area contributed by atoms with E-state index in [9.17, 15) is 4.79 Å². The molecule has 31 heavy (non-hydrogen) atoms. The summed E-state index contributed by atoms with van der Waals surface area (Å²) >= 11 is 0. The first-order valence-electron chi connectivity index (χ1n) is 9.92. The standard InChI is InChI=1S/C24H19N3O4/c1-2-29-20-13-22-21(30-15-31-22)12-17(20)14-25-27-23(16-8-4-3-5-9-16)26-19-11-7-6-10-18(19)24(27)28/h3-14H,2,15H2,1H3. The van der Waals surface area contributed by atoms with Gasteiger partial charge in [0.1, 0.15) is 5.75 Å². The molecule has 2 heterocycles. The van der Waals surface area contributed by atoms with Crippen LogP contribution in [0.25, 0.3) is 22.3 Å². The molecule has 1 aliphatic heterocycles. The maximum Gasteiger partial charge on any atom is 0.282 e. The minimum absolute atomic E-state index is 0.160. The Balaban J connectivity index is 1.68. The number of aromatic nitrogens is 2. The van der Waals surface area contributed by atoms with Gasteiger partial charge in [-0.3, -0.25) is 4.79 Å². The maximum absolute atomic E-state index is 13.3. The van der Waals surface area contributed by atoms with E-state index in [-0.39, 0.29) is 12.4 Å². The molecule has 154 valence electrons. The van der Waals surface area contributed by atoms with Crippen LogP contribution in [-0.4, -0.2) is 29.3 Å². The van der Waals surface area contributed by atoms with Gasteiger partial charge >= 0.3 is 0 Å². The Morgan fingerprint density at radius 3 is 2.61 bits per heavy atom. The molecule has 0 N–H and O–H groups in total. The van der Waals surface area contributed by atoms with Crippen LogP contribution in [-0.2, 0) is 0 Å². The summed E-state index contributed by atoms with van der Waals surface area (Å²) in [6, 6.07) is 20.3. The number of ether oxygens (including phenoxy) is 3. The normalized spacial score (nSPS) is 12.5. The van der Waals surface area contributed by atoms with E-state index >= 15 is 0 Å². The molecule has 0 fully saturated rings. The zero-order valence-electron chi connectivity index (χ0n) is 16.8. The number of benzene rings is 3. The van der Waals surface area contributed by atoms with E-state index in [1.54, 1.807) is 24.4 Å². The smallest absolute Gasteiger partial charge is 0.282 e. The molecule has 0 unspecified atom stereocenters. The largest absolute Gasteiger partial charge is 0.493 e. The van der Waals surface area contributed by atoms with E-state index in [4.69, 9.17) is 19.2 Å². The molecular weight excluding hydrogens is 394 g/mol. The van der Waals surface area contributed by atoms with Crippen molar-refractivity contribution in [1.82, 2.24) is 9.66 Å². The van der Waals surface area contributed by atoms with Gasteiger partial charge in [-0.2, -0.15) is 9.78 Å². The molecule has 7 heteroatoms. The molecule has 0 bridgehead atoms. The molecule has 0 radical (unpaired) electrons. The van der Waals surface area contributed by atoms with Crippen molar-refractivity contribution in [2.45, 2.75) is 6.92 Å². The number of fused-ring (bicyclic) bond motifs is 2. The van der Waals surface area contributed by atoms with Crippen molar-refractivity contribution in [3.05, 3.63) is 82.6 Å². The Morgan fingerprint density at radius 1 is 1.06 bits per heavy atom. The number of nitrogens with zero attached hydrogens (tertiary/aromatic N) is 3. The highest BCUT2D eigenvalue weighted by Gasteiger charge is 2.18. The van der Waals surface area contributed by atoms with Gasteiger partial charge < -0.3 is 14.2 Å². The molecule has 0 saturated heterocycles. The fourth-order valence-corrected chi connectivity index (χ4v) is 3.45. The van der Waals surface area contributed by atoms with Gasteiger partial charge in [0.25, 0.3) is 5.56 Å². The van der Waals surface area contributed by atoms with Crippen LogP contribution in [0.15, 0.2) is 76.6 Å². The second-order valence-electron chi connectivity index (χ2n) is 6.86. The summed E-state index contributed by atoms with van der Waals surface area (Å²) < 4.78 is 18.0. The second-order valence-corrected chi connectivity index (χ2v) is 6.86. The lowest BCUT2D eigenvalue weighted by Crippen LogP contribution is -2.20. The van der Waals surface area contributed by atoms with Gasteiger partial charge in [-0.05, 0) is 25.1 Å². The lowest BCUT2D eigenvalue weighted by molar-refractivity contribution is 0.174. The summed E-state index contributed by atoms with van der Waals surface area (Å²) in [5, 5.41) is 5.01. The van der Waals surface area contributed by atoms with E-state index in [1.807, 2.05) is 55.5 Å². The van der Waals surface area contributed by atoms with Gasteiger partial charge in [0, 0.05) is 17.2 Å². The first kappa shape index (κ1) is 18.9. The second kappa shape index (κ2) is 7.95. The molecule has 7 nitrogen and oxygen atoms in total. The highest BCUT2D eigenvalue weighted by atomic mass is 16.7. The minimum atomic E-state index is -0.251. The van der Waals surface area contributed by atoms with Crippen molar-refractivity contribution in [3.8, 4) is 28.6 Å². The highest BCUT2D eigenvalue weighted by molar-refractivity contribution is 5.86. The van der Waals surface area contributed by atoms with Gasteiger partial charge in [-0.1, -0.05) is 42.5 Å². The van der Waals surface area contributed by atoms with Crippen molar-refractivity contribution >= 4 is 17.1 Å². The zero-order valence-corrected chi connectivity index (χ0v) is 16.8. The summed E-state index contributed by atoms with van der Waals surface area (Å²) in [5.41, 5.74) is 1.83. The highest BCUT2D eigenvalue weighted by Crippen LogP contribution is 2.37. The van der Waals surface area contributed by atoms with E-state index < -0.39 is 0 Å². The fraction of sp³-hybridized carbons (Fsp3) is 0.125. The number of para-hydroxylation sites is 1. The lowest BCUT2D eigenvalue weighted by atomic mass is 10.2. The third kappa shape index (κ3) is 3.50. The molecule has 4 aromatic rings. The minimum Gasteiger partial charge on any atom is -0.493 e. The van der Waals surface area contributed by atoms with Gasteiger partial charge in [0.15, 0.2) is 17.3 Å². The van der Waals surface area contributed by atoms with Gasteiger partial charge in [-0.15, -0.1) is 0 Å². The summed E-state index contributed by atoms with van der Waals surface area (Å²) in [5.74, 6) is 2.28. The molecule has 0 spiro atoms. The van der Waals surface area contributed by atoms with Crippen molar-refractivity contribution in [3.63, 3.8) is 0 Å². The summed E-state index contributed by atoms with van der Waals surface area (Å²) in [4.78, 5) is 18.0. The Kier molecular flexibility index (Phi) is 4.84. The van der Waals surface area contributed by atoms with Crippen LogP contribution in [0.4, 0.5) is 0 Å². The van der Waals surface area contributed by atoms with E-state index in [2.05, 4.69) is 5.10 Å². The Bertz CT molecular complexity index is 1350. The first-order chi connectivity index (χ1) is 15.2. The van der Waals surface area contributed by atoms with Crippen molar-refractivity contribution in [1.29, 1.82) is 0 Å². The zero-order chi connectivity index (χ0) is 21.2. The lowest BCUT2D eigenvalue weighted by Gasteiger charge is -2.11. The van der Waals surface area contributed by atoms with Crippen LogP contribution in [0.3, 0.4) is 0 Å². The SMILES string of the molecule is CCOc1cc2c(cc1C=Nn1c(-c3ccccc3)nc3ccccc3c1=O)OCO2. The summed E-state index contributed by atoms with van der Waals surface area (Å²) in [6.07, 6.45) is 1.58. The van der Waals surface area contributed by atoms with E-state index in [0.717, 1.165) is 5.56 Å². The molecule has 0 atom stereocenters. The third-order valence-electron chi connectivity index (χ3n) is 4.90. The topological polar surface area (TPSA) is 74.9 Å². The van der Waals surface area contributed by atoms with Crippen LogP contribution in [0, 0.1) is 0 Å². The Labute approximate surface area is 178 Å².